The Morgan fingerprint density at radius 2 is 1.84 bits per heavy atom. The summed E-state index contributed by atoms with van der Waals surface area (Å²) in [6.07, 6.45) is 9.30. The molecule has 1 saturated heterocycles. The fraction of sp³-hybridized carbons (Fsp3) is 0.708. The molecule has 0 aliphatic carbocycles. The highest BCUT2D eigenvalue weighted by Gasteiger charge is 2.17. The molecule has 0 aromatic heterocycles. The molecule has 1 aromatic rings. The van der Waals surface area contributed by atoms with Crippen molar-refractivity contribution in [3.05, 3.63) is 29.8 Å². The summed E-state index contributed by atoms with van der Waals surface area (Å²) in [5, 5.41) is 3.73. The van der Waals surface area contributed by atoms with Crippen molar-refractivity contribution in [1.82, 2.24) is 14.5 Å². The van der Waals surface area contributed by atoms with Gasteiger partial charge in [-0.25, -0.2) is 0 Å². The standard InChI is InChI=1S/C24H41N3O4S/c1-5-22(11-8-10-18-27-17-9-6-7-12-24(27)28)25-20(2)19-21-13-15-23(16-14-21)31-32(29,30)26(3)4/h13-16,20,22,25H,5-12,17-19H2,1-4H3. The van der Waals surface area contributed by atoms with Gasteiger partial charge in [-0.2, -0.15) is 12.7 Å². The van der Waals surface area contributed by atoms with Gasteiger partial charge in [0.1, 0.15) is 5.75 Å². The van der Waals surface area contributed by atoms with E-state index in [4.69, 9.17) is 4.18 Å². The summed E-state index contributed by atoms with van der Waals surface area (Å²) in [4.78, 5) is 14.2. The summed E-state index contributed by atoms with van der Waals surface area (Å²) in [6, 6.07) is 7.99. The zero-order chi connectivity index (χ0) is 23.6. The number of likely N-dealkylation sites (tertiary alicyclic amines) is 1. The summed E-state index contributed by atoms with van der Waals surface area (Å²) in [6.45, 7) is 6.21. The molecule has 1 aliphatic rings. The molecule has 1 fully saturated rings. The molecule has 1 aromatic carbocycles. The summed E-state index contributed by atoms with van der Waals surface area (Å²) >= 11 is 0. The average molecular weight is 468 g/mol. The van der Waals surface area contributed by atoms with Gasteiger partial charge in [0.15, 0.2) is 0 Å². The van der Waals surface area contributed by atoms with E-state index in [0.29, 0.717) is 23.7 Å². The molecule has 1 N–H and O–H groups in total. The van der Waals surface area contributed by atoms with E-state index in [1.54, 1.807) is 12.1 Å². The van der Waals surface area contributed by atoms with Crippen LogP contribution in [0.3, 0.4) is 0 Å². The number of rotatable bonds is 13. The van der Waals surface area contributed by atoms with Gasteiger partial charge in [0.2, 0.25) is 5.91 Å². The molecule has 0 radical (unpaired) electrons. The lowest BCUT2D eigenvalue weighted by Crippen LogP contribution is -2.37. The first-order chi connectivity index (χ1) is 15.2. The number of hydrogen-bond acceptors (Lipinski definition) is 5. The first kappa shape index (κ1) is 26.6. The Kier molecular flexibility index (Phi) is 10.9. The molecule has 8 heteroatoms. The molecule has 1 amide bonds. The second-order valence-corrected chi connectivity index (χ2v) is 10.8. The summed E-state index contributed by atoms with van der Waals surface area (Å²) in [7, 11) is -0.850. The normalized spacial score (nSPS) is 17.3. The van der Waals surface area contributed by atoms with Crippen molar-refractivity contribution in [2.75, 3.05) is 27.2 Å². The van der Waals surface area contributed by atoms with Gasteiger partial charge in [-0.1, -0.05) is 31.9 Å². The summed E-state index contributed by atoms with van der Waals surface area (Å²) < 4.78 is 29.8. The molecule has 2 unspecified atom stereocenters. The van der Waals surface area contributed by atoms with Crippen LogP contribution < -0.4 is 9.50 Å². The van der Waals surface area contributed by atoms with Gasteiger partial charge in [-0.3, -0.25) is 4.79 Å². The average Bonchev–Trinajstić information content (AvgIpc) is 2.95. The molecular formula is C24H41N3O4S. The van der Waals surface area contributed by atoms with Crippen LogP contribution in [0, 0.1) is 0 Å². The predicted molar refractivity (Wildman–Crippen MR) is 129 cm³/mol. The van der Waals surface area contributed by atoms with Crippen molar-refractivity contribution in [2.24, 2.45) is 0 Å². The Hall–Kier alpha value is -1.64. The van der Waals surface area contributed by atoms with E-state index in [2.05, 4.69) is 24.1 Å². The van der Waals surface area contributed by atoms with E-state index < -0.39 is 10.3 Å². The van der Waals surface area contributed by atoms with E-state index >= 15 is 0 Å². The molecule has 2 atom stereocenters. The van der Waals surface area contributed by atoms with Gasteiger partial charge in [0.25, 0.3) is 0 Å². The lowest BCUT2D eigenvalue weighted by molar-refractivity contribution is -0.130. The molecule has 0 saturated carbocycles. The fourth-order valence-electron chi connectivity index (χ4n) is 4.07. The van der Waals surface area contributed by atoms with Crippen LogP contribution in [0.15, 0.2) is 24.3 Å². The van der Waals surface area contributed by atoms with Gasteiger partial charge < -0.3 is 14.4 Å². The van der Waals surface area contributed by atoms with Gasteiger partial charge in [-0.15, -0.1) is 0 Å². The number of nitrogens with one attached hydrogen (secondary N) is 1. The third-order valence-corrected chi connectivity index (χ3v) is 7.33. The molecule has 182 valence electrons. The van der Waals surface area contributed by atoms with Crippen molar-refractivity contribution >= 4 is 16.2 Å². The smallest absolute Gasteiger partial charge is 0.371 e. The van der Waals surface area contributed by atoms with Crippen LogP contribution >= 0.6 is 0 Å². The zero-order valence-corrected chi connectivity index (χ0v) is 21.0. The van der Waals surface area contributed by atoms with Crippen molar-refractivity contribution in [1.29, 1.82) is 0 Å². The maximum Gasteiger partial charge on any atom is 0.384 e. The van der Waals surface area contributed by atoms with Crippen molar-refractivity contribution < 1.29 is 17.4 Å². The van der Waals surface area contributed by atoms with Crippen LogP contribution in [0.2, 0.25) is 0 Å². The zero-order valence-electron chi connectivity index (χ0n) is 20.2. The van der Waals surface area contributed by atoms with Crippen LogP contribution in [0.1, 0.15) is 70.8 Å². The number of nitrogens with zero attached hydrogens (tertiary/aromatic N) is 2. The number of benzene rings is 1. The second-order valence-electron chi connectivity index (χ2n) is 9.03. The summed E-state index contributed by atoms with van der Waals surface area (Å²) in [5.74, 6) is 0.648. The Morgan fingerprint density at radius 3 is 2.50 bits per heavy atom. The van der Waals surface area contributed by atoms with Gasteiger partial charge in [-0.05, 0) is 63.1 Å². The molecule has 32 heavy (non-hydrogen) atoms. The Bertz CT molecular complexity index is 796. The first-order valence-corrected chi connectivity index (χ1v) is 13.3. The predicted octanol–water partition coefficient (Wildman–Crippen LogP) is 3.74. The quantitative estimate of drug-likeness (QED) is 0.447. The minimum atomic E-state index is -3.73. The largest absolute Gasteiger partial charge is 0.384 e. The van der Waals surface area contributed by atoms with Crippen molar-refractivity contribution in [3.8, 4) is 5.75 Å². The molecule has 7 nitrogen and oxygen atoms in total. The van der Waals surface area contributed by atoms with E-state index in [9.17, 15) is 13.2 Å². The highest BCUT2D eigenvalue weighted by molar-refractivity contribution is 7.84. The number of amides is 1. The lowest BCUT2D eigenvalue weighted by Gasteiger charge is -2.24. The maximum atomic E-state index is 12.1. The van der Waals surface area contributed by atoms with Gasteiger partial charge in [0, 0.05) is 45.7 Å². The number of carbonyl (C=O) groups excluding carboxylic acids is 1. The minimum Gasteiger partial charge on any atom is -0.371 e. The van der Waals surface area contributed by atoms with Gasteiger partial charge in [0.05, 0.1) is 0 Å². The number of hydrogen-bond donors (Lipinski definition) is 1. The third-order valence-electron chi connectivity index (χ3n) is 6.03. The molecule has 1 aliphatic heterocycles. The Balaban J connectivity index is 1.73. The van der Waals surface area contributed by atoms with Crippen LogP contribution in [0.4, 0.5) is 0 Å². The molecular weight excluding hydrogens is 426 g/mol. The number of unbranched alkanes of at least 4 members (excludes halogenated alkanes) is 1. The minimum absolute atomic E-state index is 0.310. The topological polar surface area (TPSA) is 79.0 Å². The van der Waals surface area contributed by atoms with E-state index in [1.165, 1.54) is 20.5 Å². The molecule has 0 bridgehead atoms. The lowest BCUT2D eigenvalue weighted by atomic mass is 10.0. The first-order valence-electron chi connectivity index (χ1n) is 12.0. The van der Waals surface area contributed by atoms with Gasteiger partial charge >= 0.3 is 10.3 Å². The Labute approximate surface area is 194 Å². The van der Waals surface area contributed by atoms with Crippen LogP contribution in [-0.2, 0) is 21.5 Å². The highest BCUT2D eigenvalue weighted by Crippen LogP contribution is 2.17. The number of carbonyl (C=O) groups is 1. The SMILES string of the molecule is CCC(CCCCN1CCCCCC1=O)NC(C)Cc1ccc(OS(=O)(=O)N(C)C)cc1. The van der Waals surface area contributed by atoms with Crippen LogP contribution in [0.5, 0.6) is 5.75 Å². The molecule has 2 rings (SSSR count). The molecule has 0 spiro atoms. The van der Waals surface area contributed by atoms with E-state index in [1.807, 2.05) is 12.1 Å². The second kappa shape index (κ2) is 13.2. The van der Waals surface area contributed by atoms with Crippen LogP contribution in [0.25, 0.3) is 0 Å². The fourth-order valence-corrected chi connectivity index (χ4v) is 4.57. The molecule has 1 heterocycles. The van der Waals surface area contributed by atoms with E-state index in [0.717, 1.165) is 74.3 Å². The van der Waals surface area contributed by atoms with Crippen LogP contribution in [-0.4, -0.2) is 62.8 Å². The summed E-state index contributed by atoms with van der Waals surface area (Å²) in [5.41, 5.74) is 1.13. The van der Waals surface area contributed by atoms with Crippen molar-refractivity contribution in [3.63, 3.8) is 0 Å². The maximum absolute atomic E-state index is 12.1. The Morgan fingerprint density at radius 1 is 1.12 bits per heavy atom. The van der Waals surface area contributed by atoms with Crippen molar-refractivity contribution in [2.45, 2.75) is 83.7 Å². The third kappa shape index (κ3) is 9.08. The highest BCUT2D eigenvalue weighted by atomic mass is 32.2. The monoisotopic (exact) mass is 467 g/mol. The van der Waals surface area contributed by atoms with E-state index in [-0.39, 0.29) is 0 Å².